The van der Waals surface area contributed by atoms with Gasteiger partial charge in [0.05, 0.1) is 113 Å². The van der Waals surface area contributed by atoms with Crippen LogP contribution < -0.4 is 28.2 Å². The van der Waals surface area contributed by atoms with Crippen molar-refractivity contribution in [3.8, 4) is 82.9 Å². The monoisotopic (exact) mass is 1360 g/mol. The Labute approximate surface area is 614 Å². The van der Waals surface area contributed by atoms with E-state index in [1.165, 1.54) is 0 Å². The molecule has 7 aromatic heterocycles. The Morgan fingerprint density at radius 2 is 0.585 bits per heavy atom. The van der Waals surface area contributed by atoms with Gasteiger partial charge in [0.1, 0.15) is 46.4 Å². The molecule has 106 heavy (non-hydrogen) atoms. The molecule has 7 aromatic rings. The molecule has 0 aliphatic carbocycles. The minimum Gasteiger partial charge on any atom is -0.357 e. The van der Waals surface area contributed by atoms with Gasteiger partial charge in [-0.05, 0) is 121 Å². The van der Waals surface area contributed by atoms with E-state index in [4.69, 9.17) is 25.0 Å². The zero-order chi connectivity index (χ0) is 72.0. The minimum atomic E-state index is 0.528. The molecule has 0 aromatic carbocycles. The van der Waals surface area contributed by atoms with E-state index in [2.05, 4.69) is 122 Å². The second-order valence-corrected chi connectivity index (χ2v) is 25.6. The average Bonchev–Trinajstić information content (AvgIpc) is 1.64. The molecule has 0 unspecified atom stereocenters. The molecule has 0 fully saturated rings. The Kier molecular flexibility index (Phi) is 17.7. The highest BCUT2D eigenvalue weighted by atomic mass is 15.0. The number of rotatable bonds is 0. The maximum atomic E-state index is 5.36. The Morgan fingerprint density at radius 1 is 0.292 bits per heavy atom. The Balaban J connectivity index is 0.873. The zero-order valence-corrected chi connectivity index (χ0v) is 58.6. The summed E-state index contributed by atoms with van der Waals surface area (Å²) in [7, 11) is 11.9. The van der Waals surface area contributed by atoms with Gasteiger partial charge in [-0.25, -0.2) is 47.8 Å². The molecule has 494 valence electrons. The van der Waals surface area contributed by atoms with Gasteiger partial charge >= 0.3 is 0 Å². The van der Waals surface area contributed by atoms with Gasteiger partial charge in [0.2, 0.25) is 0 Å². The van der Waals surface area contributed by atoms with Crippen molar-refractivity contribution >= 4 is 45.3 Å². The second kappa shape index (κ2) is 28.8. The summed E-state index contributed by atoms with van der Waals surface area (Å²) in [4.78, 5) is 36.2. The highest BCUT2D eigenvalue weighted by Crippen LogP contribution is 2.33. The molecule has 16 rings (SSSR count). The second-order valence-electron chi connectivity index (χ2n) is 25.6. The van der Waals surface area contributed by atoms with Crippen LogP contribution in [0.2, 0.25) is 0 Å². The highest BCUT2D eigenvalue weighted by Gasteiger charge is 2.28. The third-order valence-corrected chi connectivity index (χ3v) is 17.8. The number of nitrogens with two attached hydrogens (primary N) is 1. The number of aromatic nitrogens is 7. The van der Waals surface area contributed by atoms with Crippen molar-refractivity contribution in [2.24, 2.45) is 60.2 Å². The Morgan fingerprint density at radius 3 is 0.962 bits per heavy atom. The van der Waals surface area contributed by atoms with Crippen LogP contribution in [0.4, 0.5) is 0 Å². The van der Waals surface area contributed by atoms with Crippen molar-refractivity contribution in [2.75, 3.05) is 7.05 Å². The van der Waals surface area contributed by atoms with Gasteiger partial charge in [-0.2, -0.15) is 0 Å². The predicted molar refractivity (Wildman–Crippen MR) is 412 cm³/mol. The summed E-state index contributed by atoms with van der Waals surface area (Å²) < 4.78 is 9.89. The van der Waals surface area contributed by atoms with Crippen molar-refractivity contribution < 1.29 is 28.2 Å². The van der Waals surface area contributed by atoms with Crippen LogP contribution in [0.25, 0.3) is 16.7 Å². The van der Waals surface area contributed by atoms with Crippen LogP contribution in [0.3, 0.4) is 0 Å². The molecule has 0 radical (unpaired) electrons. The fraction of sp³-hybridized carbons (Fsp3) is 0.0652. The standard InChI is InChI=1S/C92H60N14/c1-101-51-39-63(40-52-101)11-17-71-81-27-23-77(93-81)69(78-24-28-82(94-78)72(18-12-64-41-53-102(2)54-42-64)86-32-36-90(98-86)75(89-35-31-85(71)97-89)21-15-67-47-59-105(5)60-48-67)9-7-8-10-70-79-25-29-83(95-79)73(19-13-65-43-55-103(3)56-44-65)87-33-37-91(99-87)76(22-16-68-49-61-106(6)62-50-68)92-38-34-88(100-92)74(84-30-26-80(70)96-84)20-14-66-45-57-104(4)58-46-66/h23-62H,1-6H3,(H2,93,94,97,98)/q+4/p+2/b77-69-,78-69?,79-70?,80-70?,81-71-,82-72?,83-73?,84-74?,85-71?,86-72?,87-73?,88-74?,89-75-,90-75?,91-76?,92-76?. The number of pyridine rings is 5. The lowest BCUT2D eigenvalue weighted by Crippen LogP contribution is -2.78. The van der Waals surface area contributed by atoms with Crippen LogP contribution >= 0.6 is 0 Å². The van der Waals surface area contributed by atoms with E-state index < -0.39 is 0 Å². The SMILES string of the molecule is CN1C=CC(=C=C=C2c3ccc([nH]3)/C(C#Cc3cc[n+](C)cc3)=C3/C=CC(=N3)/C(C#Cc3cc[n+](C)cc3)=C3C=C/C(=C(\C#CC#CC4=C5C=CC(=N5)C(C#Cc5cc[n+](C)cc5)=C5C=CC(=N5)C(C#Cc5cc[n+](C)cc5)=C5C=CC(=N5)C(C#Cc5cc[n+](C)cc5)=C5C=CC4=N5)c4ccc2[nH]4)[NH2+]/3)C=C1. The molecule has 0 saturated carbocycles. The molecule has 16 heterocycles. The van der Waals surface area contributed by atoms with Crippen LogP contribution in [0.5, 0.6) is 0 Å². The maximum Gasteiger partial charge on any atom is 0.169 e. The first kappa shape index (κ1) is 65.4. The van der Waals surface area contributed by atoms with Crippen LogP contribution in [0.1, 0.15) is 50.6 Å². The number of nitrogens with zero attached hydrogens (tertiary/aromatic N) is 11. The fourth-order valence-electron chi connectivity index (χ4n) is 12.0. The Bertz CT molecular complexity index is 6300. The molecule has 0 amide bonds. The minimum absolute atomic E-state index is 0.528. The summed E-state index contributed by atoms with van der Waals surface area (Å²) in [5.74, 6) is 48.2. The van der Waals surface area contributed by atoms with Gasteiger partial charge in [0.15, 0.2) is 73.4 Å². The van der Waals surface area contributed by atoms with Gasteiger partial charge in [-0.15, -0.1) is 0 Å². The lowest BCUT2D eigenvalue weighted by atomic mass is 10.1. The number of hydrogen-bond acceptors (Lipinski definition) is 6. The first-order valence-electron chi connectivity index (χ1n) is 34.1. The average molecular weight is 1360 g/mol. The van der Waals surface area contributed by atoms with Crippen LogP contribution in [-0.4, -0.2) is 50.5 Å². The normalized spacial score (nSPS) is 18.0. The fourth-order valence-corrected chi connectivity index (χ4v) is 12.0. The first-order chi connectivity index (χ1) is 51.9. The molecule has 14 nitrogen and oxygen atoms in total. The molecule has 0 spiro atoms. The van der Waals surface area contributed by atoms with Gasteiger partial charge in [-0.3, -0.25) is 5.32 Å². The smallest absolute Gasteiger partial charge is 0.169 e. The molecule has 0 saturated heterocycles. The lowest BCUT2D eigenvalue weighted by molar-refractivity contribution is -0.671. The van der Waals surface area contributed by atoms with E-state index >= 15 is 0 Å². The van der Waals surface area contributed by atoms with E-state index in [-0.39, 0.29) is 0 Å². The van der Waals surface area contributed by atoms with E-state index in [1.807, 2.05) is 302 Å². The molecule has 16 bridgehead atoms. The van der Waals surface area contributed by atoms with Gasteiger partial charge in [0, 0.05) is 126 Å². The van der Waals surface area contributed by atoms with Crippen molar-refractivity contribution in [2.45, 2.75) is 0 Å². The summed E-state index contributed by atoms with van der Waals surface area (Å²) in [5.41, 5.74) is 28.1. The molecule has 9 aliphatic rings. The number of allylic oxidation sites excluding steroid dienone is 22. The van der Waals surface area contributed by atoms with Crippen molar-refractivity contribution in [3.63, 3.8) is 0 Å². The number of nitrogens with one attached hydrogen (secondary N) is 2. The van der Waals surface area contributed by atoms with E-state index in [0.29, 0.717) is 90.5 Å². The van der Waals surface area contributed by atoms with E-state index in [0.717, 1.165) is 78.7 Å². The van der Waals surface area contributed by atoms with Crippen LogP contribution in [0, 0.1) is 82.9 Å². The molecule has 14 heteroatoms. The summed E-state index contributed by atoms with van der Waals surface area (Å²) >= 11 is 0. The third kappa shape index (κ3) is 14.4. The number of aromatic amines is 2. The number of quaternary nitrogens is 1. The van der Waals surface area contributed by atoms with Crippen LogP contribution in [0.15, 0.2) is 354 Å². The maximum absolute atomic E-state index is 5.36. The van der Waals surface area contributed by atoms with Gasteiger partial charge in [-0.1, -0.05) is 70.7 Å². The number of fused-ring (bicyclic) bond motifs is 11. The quantitative estimate of drug-likeness (QED) is 0.0783. The topological polar surface area (TPSA) is 133 Å². The Hall–Kier alpha value is -15.3. The van der Waals surface area contributed by atoms with E-state index in [9.17, 15) is 0 Å². The van der Waals surface area contributed by atoms with Gasteiger partial charge in [0.25, 0.3) is 0 Å². The van der Waals surface area contributed by atoms with Crippen molar-refractivity contribution in [3.05, 3.63) is 380 Å². The number of H-pyrrole nitrogens is 2. The molecule has 4 N–H and O–H groups in total. The third-order valence-electron chi connectivity index (χ3n) is 17.8. The zero-order valence-electron chi connectivity index (χ0n) is 58.6. The summed E-state index contributed by atoms with van der Waals surface area (Å²) in [6.45, 7) is 0. The predicted octanol–water partition coefficient (Wildman–Crippen LogP) is 8.72. The molecule has 0 atom stereocenters. The van der Waals surface area contributed by atoms with Crippen molar-refractivity contribution in [1.82, 2.24) is 14.9 Å². The molecule has 9 aliphatic heterocycles. The summed E-state index contributed by atoms with van der Waals surface area (Å²) in [6, 6.07) is 28.0. The summed E-state index contributed by atoms with van der Waals surface area (Å²) in [6.07, 6.45) is 51.5. The van der Waals surface area contributed by atoms with Crippen molar-refractivity contribution in [1.29, 1.82) is 0 Å². The van der Waals surface area contributed by atoms with Crippen LogP contribution in [-0.2, 0) is 35.2 Å². The molecular weight excluding hydrogens is 1300 g/mol. The number of aliphatic imine (C=N–C) groups is 5. The van der Waals surface area contributed by atoms with E-state index in [1.54, 1.807) is 0 Å². The largest absolute Gasteiger partial charge is 0.357 e. The number of hydrogen-bond donors (Lipinski definition) is 3. The summed E-state index contributed by atoms with van der Waals surface area (Å²) in [5, 5.41) is 2.11. The lowest BCUT2D eigenvalue weighted by Gasteiger charge is -2.10. The molecular formula is C92H62N14+6. The number of aryl methyl sites for hydroxylation is 5. The highest BCUT2D eigenvalue weighted by molar-refractivity contribution is 6.22. The van der Waals surface area contributed by atoms with Gasteiger partial charge < -0.3 is 14.9 Å². The first-order valence-corrected chi connectivity index (χ1v) is 34.1.